The van der Waals surface area contributed by atoms with Gasteiger partial charge in [-0.3, -0.25) is 9.59 Å². The van der Waals surface area contributed by atoms with E-state index in [1.54, 1.807) is 30.3 Å². The maximum atomic E-state index is 12.3. The van der Waals surface area contributed by atoms with E-state index in [1.165, 1.54) is 0 Å². The summed E-state index contributed by atoms with van der Waals surface area (Å²) in [6, 6.07) is 14.0. The molecule has 0 bridgehead atoms. The van der Waals surface area contributed by atoms with Crippen molar-refractivity contribution in [3.05, 3.63) is 59.2 Å². The Morgan fingerprint density at radius 1 is 1.04 bits per heavy atom. The van der Waals surface area contributed by atoms with Crippen LogP contribution in [-0.2, 0) is 4.79 Å². The van der Waals surface area contributed by atoms with Crippen LogP contribution in [-0.4, -0.2) is 11.8 Å². The summed E-state index contributed by atoms with van der Waals surface area (Å²) < 4.78 is 0. The van der Waals surface area contributed by atoms with Crippen LogP contribution in [0.15, 0.2) is 42.5 Å². The molecule has 0 aliphatic carbocycles. The molecule has 5 nitrogen and oxygen atoms in total. The molecule has 23 heavy (non-hydrogen) atoms. The number of nitrogens with zero attached hydrogens (tertiary/aromatic N) is 1. The molecule has 0 saturated carbocycles. The summed E-state index contributed by atoms with van der Waals surface area (Å²) in [5.41, 5.74) is 3.96. The summed E-state index contributed by atoms with van der Waals surface area (Å²) in [6.07, 6.45) is -0.200. The molecule has 2 aromatic rings. The van der Waals surface area contributed by atoms with Crippen molar-refractivity contribution in [3.8, 4) is 6.07 Å². The first-order valence-electron chi connectivity index (χ1n) is 7.15. The normalized spacial score (nSPS) is 9.78. The van der Waals surface area contributed by atoms with E-state index in [9.17, 15) is 9.59 Å². The number of rotatable bonds is 4. The van der Waals surface area contributed by atoms with Crippen LogP contribution in [0.4, 0.5) is 11.4 Å². The highest BCUT2D eigenvalue weighted by molar-refractivity contribution is 6.05. The van der Waals surface area contributed by atoms with Gasteiger partial charge in [-0.15, -0.1) is 0 Å². The third-order valence-electron chi connectivity index (χ3n) is 3.52. The summed E-state index contributed by atoms with van der Waals surface area (Å²) in [5.74, 6) is -0.589. The topological polar surface area (TPSA) is 82.0 Å². The van der Waals surface area contributed by atoms with E-state index in [2.05, 4.69) is 10.6 Å². The first-order valence-corrected chi connectivity index (χ1v) is 7.15. The minimum absolute atomic E-state index is 0.200. The van der Waals surface area contributed by atoms with Gasteiger partial charge in [-0.2, -0.15) is 5.26 Å². The monoisotopic (exact) mass is 307 g/mol. The zero-order valence-electron chi connectivity index (χ0n) is 13.0. The molecule has 5 heteroatoms. The number of anilines is 2. The zero-order chi connectivity index (χ0) is 16.8. The fourth-order valence-corrected chi connectivity index (χ4v) is 2.06. The largest absolute Gasteiger partial charge is 0.325 e. The average Bonchev–Trinajstić information content (AvgIpc) is 2.52. The van der Waals surface area contributed by atoms with E-state index in [1.807, 2.05) is 32.0 Å². The lowest BCUT2D eigenvalue weighted by Gasteiger charge is -2.10. The van der Waals surface area contributed by atoms with Crippen LogP contribution in [0, 0.1) is 25.2 Å². The number of aryl methyl sites for hydroxylation is 1. The minimum atomic E-state index is -0.375. The Morgan fingerprint density at radius 2 is 1.74 bits per heavy atom. The van der Waals surface area contributed by atoms with Crippen molar-refractivity contribution >= 4 is 23.2 Å². The van der Waals surface area contributed by atoms with Gasteiger partial charge in [0.25, 0.3) is 5.91 Å². The first-order chi connectivity index (χ1) is 11.0. The predicted octanol–water partition coefficient (Wildman–Crippen LogP) is 3.41. The van der Waals surface area contributed by atoms with Crippen molar-refractivity contribution in [1.29, 1.82) is 5.26 Å². The van der Waals surface area contributed by atoms with Crippen molar-refractivity contribution < 1.29 is 9.59 Å². The number of carbonyl (C=O) groups excluding carboxylic acids is 2. The highest BCUT2D eigenvalue weighted by atomic mass is 16.2. The van der Waals surface area contributed by atoms with E-state index in [-0.39, 0.29) is 18.2 Å². The molecule has 0 atom stereocenters. The van der Waals surface area contributed by atoms with Crippen LogP contribution in [0.3, 0.4) is 0 Å². The zero-order valence-corrected chi connectivity index (χ0v) is 13.0. The van der Waals surface area contributed by atoms with E-state index < -0.39 is 0 Å². The van der Waals surface area contributed by atoms with E-state index >= 15 is 0 Å². The Morgan fingerprint density at radius 3 is 2.39 bits per heavy atom. The Kier molecular flexibility index (Phi) is 5.11. The van der Waals surface area contributed by atoms with Crippen molar-refractivity contribution in [2.75, 3.05) is 10.6 Å². The molecule has 0 aliphatic rings. The summed E-state index contributed by atoms with van der Waals surface area (Å²) >= 11 is 0. The van der Waals surface area contributed by atoms with Crippen molar-refractivity contribution in [2.45, 2.75) is 20.3 Å². The standard InChI is InChI=1S/C18H17N3O2/c1-12-4-3-5-16(13(12)2)21-18(23)14-6-8-15(9-7-14)20-17(22)10-11-19/h3-9H,10H2,1-2H3,(H,20,22)(H,21,23). The first kappa shape index (κ1) is 16.2. The lowest BCUT2D eigenvalue weighted by atomic mass is 10.1. The van der Waals surface area contributed by atoms with Crippen LogP contribution in [0.25, 0.3) is 0 Å². The molecule has 0 aliphatic heterocycles. The quantitative estimate of drug-likeness (QED) is 0.908. The predicted molar refractivity (Wildman–Crippen MR) is 89.2 cm³/mol. The molecule has 2 aromatic carbocycles. The highest BCUT2D eigenvalue weighted by Crippen LogP contribution is 2.19. The van der Waals surface area contributed by atoms with E-state index in [0.717, 1.165) is 16.8 Å². The number of hydrogen-bond acceptors (Lipinski definition) is 3. The van der Waals surface area contributed by atoms with Gasteiger partial charge >= 0.3 is 0 Å². The van der Waals surface area contributed by atoms with Gasteiger partial charge < -0.3 is 10.6 Å². The number of carbonyl (C=O) groups is 2. The molecule has 2 N–H and O–H groups in total. The Labute approximate surface area is 134 Å². The molecular weight excluding hydrogens is 290 g/mol. The lowest BCUT2D eigenvalue weighted by molar-refractivity contribution is -0.115. The van der Waals surface area contributed by atoms with Gasteiger partial charge in [-0.1, -0.05) is 12.1 Å². The van der Waals surface area contributed by atoms with Crippen molar-refractivity contribution in [2.24, 2.45) is 0 Å². The van der Waals surface area contributed by atoms with Gasteiger partial charge in [0.2, 0.25) is 5.91 Å². The summed E-state index contributed by atoms with van der Waals surface area (Å²) in [7, 11) is 0. The molecule has 0 unspecified atom stereocenters. The van der Waals surface area contributed by atoms with Crippen LogP contribution in [0.5, 0.6) is 0 Å². The second kappa shape index (κ2) is 7.23. The minimum Gasteiger partial charge on any atom is -0.325 e. The smallest absolute Gasteiger partial charge is 0.255 e. The van der Waals surface area contributed by atoms with Gasteiger partial charge in [0.1, 0.15) is 6.42 Å². The number of nitriles is 1. The van der Waals surface area contributed by atoms with Gasteiger partial charge in [0.15, 0.2) is 0 Å². The summed E-state index contributed by atoms with van der Waals surface area (Å²) in [4.78, 5) is 23.6. The molecule has 0 aromatic heterocycles. The summed E-state index contributed by atoms with van der Waals surface area (Å²) in [5, 5.41) is 13.9. The van der Waals surface area contributed by atoms with Crippen LogP contribution in [0.1, 0.15) is 27.9 Å². The lowest BCUT2D eigenvalue weighted by Crippen LogP contribution is -2.14. The van der Waals surface area contributed by atoms with Crippen molar-refractivity contribution in [3.63, 3.8) is 0 Å². The second-order valence-corrected chi connectivity index (χ2v) is 5.16. The number of hydrogen-bond donors (Lipinski definition) is 2. The molecule has 0 fully saturated rings. The molecular formula is C18H17N3O2. The van der Waals surface area contributed by atoms with Crippen LogP contribution in [0.2, 0.25) is 0 Å². The molecule has 2 amide bonds. The van der Waals surface area contributed by atoms with Gasteiger partial charge in [-0.25, -0.2) is 0 Å². The average molecular weight is 307 g/mol. The van der Waals surface area contributed by atoms with Crippen LogP contribution >= 0.6 is 0 Å². The molecule has 0 heterocycles. The SMILES string of the molecule is Cc1cccc(NC(=O)c2ccc(NC(=O)CC#N)cc2)c1C. The van der Waals surface area contributed by atoms with Crippen LogP contribution < -0.4 is 10.6 Å². The van der Waals surface area contributed by atoms with E-state index in [4.69, 9.17) is 5.26 Å². The molecule has 0 spiro atoms. The number of nitrogens with one attached hydrogen (secondary N) is 2. The van der Waals surface area contributed by atoms with Crippen molar-refractivity contribution in [1.82, 2.24) is 0 Å². The Hall–Kier alpha value is -3.13. The molecule has 116 valence electrons. The second-order valence-electron chi connectivity index (χ2n) is 5.16. The van der Waals surface area contributed by atoms with Gasteiger partial charge in [-0.05, 0) is 55.3 Å². The third kappa shape index (κ3) is 4.17. The Bertz CT molecular complexity index is 774. The maximum Gasteiger partial charge on any atom is 0.255 e. The maximum absolute atomic E-state index is 12.3. The molecule has 2 rings (SSSR count). The highest BCUT2D eigenvalue weighted by Gasteiger charge is 2.09. The number of benzene rings is 2. The molecule has 0 radical (unpaired) electrons. The summed E-state index contributed by atoms with van der Waals surface area (Å²) in [6.45, 7) is 3.95. The van der Waals surface area contributed by atoms with E-state index in [0.29, 0.717) is 11.3 Å². The van der Waals surface area contributed by atoms with Gasteiger partial charge in [0, 0.05) is 16.9 Å². The fourth-order valence-electron chi connectivity index (χ4n) is 2.06. The molecule has 0 saturated heterocycles. The third-order valence-corrected chi connectivity index (χ3v) is 3.52. The number of amides is 2. The fraction of sp³-hybridized carbons (Fsp3) is 0.167. The Balaban J connectivity index is 2.07. The van der Waals surface area contributed by atoms with Gasteiger partial charge in [0.05, 0.1) is 6.07 Å².